The molecule has 2 unspecified atom stereocenters. The van der Waals surface area contributed by atoms with E-state index in [0.29, 0.717) is 11.7 Å². The van der Waals surface area contributed by atoms with Crippen molar-refractivity contribution < 1.29 is 13.2 Å². The van der Waals surface area contributed by atoms with Gasteiger partial charge in [0.2, 0.25) is 0 Å². The van der Waals surface area contributed by atoms with Crippen LogP contribution >= 0.6 is 0 Å². The Morgan fingerprint density at radius 1 is 1.32 bits per heavy atom. The van der Waals surface area contributed by atoms with Crippen LogP contribution in [0.4, 0.5) is 19.0 Å². The normalized spacial score (nSPS) is 24.2. The van der Waals surface area contributed by atoms with Gasteiger partial charge in [-0.3, -0.25) is 0 Å². The summed E-state index contributed by atoms with van der Waals surface area (Å²) in [5.41, 5.74) is -0.645. The number of anilines is 1. The van der Waals surface area contributed by atoms with Gasteiger partial charge in [0.05, 0.1) is 5.56 Å². The van der Waals surface area contributed by atoms with Crippen molar-refractivity contribution in [3.63, 3.8) is 0 Å². The van der Waals surface area contributed by atoms with E-state index in [1.165, 1.54) is 12.6 Å². The van der Waals surface area contributed by atoms with Gasteiger partial charge in [0.25, 0.3) is 0 Å². The van der Waals surface area contributed by atoms with E-state index in [1.54, 1.807) is 0 Å². The van der Waals surface area contributed by atoms with E-state index in [9.17, 15) is 13.2 Å². The zero-order valence-electron chi connectivity index (χ0n) is 11.0. The van der Waals surface area contributed by atoms with Crippen molar-refractivity contribution >= 4 is 5.82 Å². The molecule has 1 aromatic heterocycles. The molecular formula is C14H19F3N2. The highest BCUT2D eigenvalue weighted by Gasteiger charge is 2.31. The average Bonchev–Trinajstić information content (AvgIpc) is 2.39. The Morgan fingerprint density at radius 3 is 2.74 bits per heavy atom. The Hall–Kier alpha value is -1.26. The number of hydrogen-bond donors (Lipinski definition) is 1. The highest BCUT2D eigenvalue weighted by Crippen LogP contribution is 2.32. The van der Waals surface area contributed by atoms with Crippen LogP contribution in [0, 0.1) is 5.92 Å². The van der Waals surface area contributed by atoms with Gasteiger partial charge in [-0.05, 0) is 30.9 Å². The van der Waals surface area contributed by atoms with Crippen LogP contribution < -0.4 is 5.32 Å². The summed E-state index contributed by atoms with van der Waals surface area (Å²) in [6, 6.07) is 2.35. The van der Waals surface area contributed by atoms with Crippen LogP contribution in [0.15, 0.2) is 18.3 Å². The van der Waals surface area contributed by atoms with Crippen molar-refractivity contribution in [2.75, 3.05) is 5.32 Å². The van der Waals surface area contributed by atoms with Gasteiger partial charge in [-0.15, -0.1) is 0 Å². The maximum atomic E-state index is 12.6. The zero-order chi connectivity index (χ0) is 13.9. The molecule has 0 amide bonds. The first-order valence-electron chi connectivity index (χ1n) is 6.80. The van der Waals surface area contributed by atoms with Crippen LogP contribution in [0.3, 0.4) is 0 Å². The molecule has 0 bridgehead atoms. The smallest absolute Gasteiger partial charge is 0.367 e. The number of hydrogen-bond acceptors (Lipinski definition) is 2. The maximum Gasteiger partial charge on any atom is 0.416 e. The number of pyridine rings is 1. The molecule has 2 nitrogen and oxygen atoms in total. The van der Waals surface area contributed by atoms with Crippen molar-refractivity contribution in [2.24, 2.45) is 5.92 Å². The predicted octanol–water partition coefficient (Wildman–Crippen LogP) is 4.48. The highest BCUT2D eigenvalue weighted by molar-refractivity contribution is 5.39. The summed E-state index contributed by atoms with van der Waals surface area (Å²) in [6.45, 7) is 2.13. The average molecular weight is 272 g/mol. The summed E-state index contributed by atoms with van der Waals surface area (Å²) in [5.74, 6) is 0.866. The lowest BCUT2D eigenvalue weighted by molar-refractivity contribution is -0.137. The fraction of sp³-hybridized carbons (Fsp3) is 0.643. The molecule has 1 aliphatic carbocycles. The largest absolute Gasteiger partial charge is 0.416 e. The van der Waals surface area contributed by atoms with Crippen molar-refractivity contribution in [3.8, 4) is 0 Å². The van der Waals surface area contributed by atoms with Gasteiger partial charge >= 0.3 is 6.18 Å². The molecule has 2 rings (SSSR count). The zero-order valence-corrected chi connectivity index (χ0v) is 11.0. The molecule has 2 atom stereocenters. The lowest BCUT2D eigenvalue weighted by Crippen LogP contribution is -2.32. The van der Waals surface area contributed by atoms with Gasteiger partial charge in [0, 0.05) is 12.2 Å². The Labute approximate surface area is 111 Å². The quantitative estimate of drug-likeness (QED) is 0.877. The van der Waals surface area contributed by atoms with Crippen molar-refractivity contribution in [1.29, 1.82) is 0 Å². The van der Waals surface area contributed by atoms with Crippen LogP contribution in [-0.4, -0.2) is 11.0 Å². The van der Waals surface area contributed by atoms with Gasteiger partial charge in [-0.25, -0.2) is 4.98 Å². The number of halogens is 3. The van der Waals surface area contributed by atoms with E-state index in [2.05, 4.69) is 17.2 Å². The minimum atomic E-state index is -4.31. The van der Waals surface area contributed by atoms with Gasteiger partial charge in [-0.2, -0.15) is 13.2 Å². The van der Waals surface area contributed by atoms with Crippen LogP contribution in [0.1, 0.15) is 44.6 Å². The van der Waals surface area contributed by atoms with E-state index in [0.717, 1.165) is 37.8 Å². The fourth-order valence-electron chi connectivity index (χ4n) is 2.76. The standard InChI is InChI=1S/C14H19F3N2/c1-2-10-5-3-4-6-12(10)19-13-9-11(7-8-18-13)14(15,16)17/h7-10,12H,2-6H2,1H3,(H,18,19). The Kier molecular flexibility index (Phi) is 4.32. The first-order chi connectivity index (χ1) is 9.00. The number of nitrogens with one attached hydrogen (secondary N) is 1. The molecular weight excluding hydrogens is 253 g/mol. The number of nitrogens with zero attached hydrogens (tertiary/aromatic N) is 1. The summed E-state index contributed by atoms with van der Waals surface area (Å²) >= 11 is 0. The summed E-state index contributed by atoms with van der Waals surface area (Å²) in [7, 11) is 0. The number of aromatic nitrogens is 1. The molecule has 106 valence electrons. The van der Waals surface area contributed by atoms with E-state index in [1.807, 2.05) is 0 Å². The fourth-order valence-corrected chi connectivity index (χ4v) is 2.76. The third-order valence-corrected chi connectivity index (χ3v) is 3.85. The molecule has 1 aliphatic rings. The van der Waals surface area contributed by atoms with Crippen LogP contribution in [-0.2, 0) is 6.18 Å². The molecule has 1 saturated carbocycles. The molecule has 0 radical (unpaired) electrons. The molecule has 1 aromatic rings. The first kappa shape index (κ1) is 14.2. The monoisotopic (exact) mass is 272 g/mol. The van der Waals surface area contributed by atoms with Crippen molar-refractivity contribution in [1.82, 2.24) is 4.98 Å². The molecule has 0 aliphatic heterocycles. The van der Waals surface area contributed by atoms with Gasteiger partial charge in [0.1, 0.15) is 5.82 Å². The summed E-state index contributed by atoms with van der Waals surface area (Å²) in [5, 5.41) is 3.18. The Balaban J connectivity index is 2.10. The van der Waals surface area contributed by atoms with E-state index in [4.69, 9.17) is 0 Å². The third-order valence-electron chi connectivity index (χ3n) is 3.85. The molecule has 1 fully saturated rings. The van der Waals surface area contributed by atoms with E-state index < -0.39 is 11.7 Å². The molecule has 1 heterocycles. The minimum Gasteiger partial charge on any atom is -0.367 e. The lowest BCUT2D eigenvalue weighted by atomic mass is 9.83. The molecule has 19 heavy (non-hydrogen) atoms. The second kappa shape index (κ2) is 5.80. The van der Waals surface area contributed by atoms with E-state index in [-0.39, 0.29) is 6.04 Å². The number of alkyl halides is 3. The minimum absolute atomic E-state index is 0.245. The lowest BCUT2D eigenvalue weighted by Gasteiger charge is -2.32. The van der Waals surface area contributed by atoms with Crippen LogP contribution in [0.25, 0.3) is 0 Å². The van der Waals surface area contributed by atoms with Gasteiger partial charge in [0.15, 0.2) is 0 Å². The third kappa shape index (κ3) is 3.61. The van der Waals surface area contributed by atoms with Crippen molar-refractivity contribution in [3.05, 3.63) is 23.9 Å². The Morgan fingerprint density at radius 2 is 2.05 bits per heavy atom. The second-order valence-electron chi connectivity index (χ2n) is 5.13. The second-order valence-corrected chi connectivity index (χ2v) is 5.13. The van der Waals surface area contributed by atoms with E-state index >= 15 is 0 Å². The molecule has 0 spiro atoms. The van der Waals surface area contributed by atoms with Crippen LogP contribution in [0.2, 0.25) is 0 Å². The summed E-state index contributed by atoms with van der Waals surface area (Å²) in [4.78, 5) is 4.00. The topological polar surface area (TPSA) is 24.9 Å². The highest BCUT2D eigenvalue weighted by atomic mass is 19.4. The summed E-state index contributed by atoms with van der Waals surface area (Å²) < 4.78 is 37.9. The Bertz CT molecular complexity index is 417. The maximum absolute atomic E-state index is 12.6. The number of rotatable bonds is 3. The molecule has 0 aromatic carbocycles. The van der Waals surface area contributed by atoms with Gasteiger partial charge < -0.3 is 5.32 Å². The molecule has 1 N–H and O–H groups in total. The predicted molar refractivity (Wildman–Crippen MR) is 68.9 cm³/mol. The summed E-state index contributed by atoms with van der Waals surface area (Å²) in [6.07, 6.45) is 2.46. The molecule has 0 saturated heterocycles. The van der Waals surface area contributed by atoms with Crippen molar-refractivity contribution in [2.45, 2.75) is 51.2 Å². The SMILES string of the molecule is CCC1CCCCC1Nc1cc(C(F)(F)F)ccn1. The van der Waals surface area contributed by atoms with Gasteiger partial charge in [-0.1, -0.05) is 26.2 Å². The van der Waals surface area contributed by atoms with Crippen LogP contribution in [0.5, 0.6) is 0 Å². The first-order valence-corrected chi connectivity index (χ1v) is 6.80. The molecule has 5 heteroatoms.